The van der Waals surface area contributed by atoms with Crippen LogP contribution in [0.3, 0.4) is 0 Å². The first-order valence-corrected chi connectivity index (χ1v) is 6.15. The van der Waals surface area contributed by atoms with Crippen molar-refractivity contribution in [2.75, 3.05) is 11.2 Å². The van der Waals surface area contributed by atoms with Gasteiger partial charge in [0.1, 0.15) is 0 Å². The van der Waals surface area contributed by atoms with Gasteiger partial charge in [-0.15, -0.1) is 11.6 Å². The molecule has 0 atom stereocenters. The highest BCUT2D eigenvalue weighted by Crippen LogP contribution is 2.12. The molecule has 1 aromatic carbocycles. The Morgan fingerprint density at radius 1 is 1.22 bits per heavy atom. The molecule has 1 amide bonds. The summed E-state index contributed by atoms with van der Waals surface area (Å²) in [7, 11) is 0. The van der Waals surface area contributed by atoms with Gasteiger partial charge in [-0.25, -0.2) is 0 Å². The zero-order chi connectivity index (χ0) is 12.8. The predicted molar refractivity (Wildman–Crippen MR) is 69.9 cm³/mol. The largest absolute Gasteiger partial charge is 0.326 e. The molecule has 0 aliphatic carbocycles. The van der Waals surface area contributed by atoms with E-state index in [1.54, 1.807) is 12.4 Å². The maximum absolute atomic E-state index is 11.5. The van der Waals surface area contributed by atoms with E-state index in [4.69, 9.17) is 11.6 Å². The van der Waals surface area contributed by atoms with Crippen LogP contribution in [0.1, 0.15) is 12.8 Å². The lowest BCUT2D eigenvalue weighted by Crippen LogP contribution is -2.11. The fourth-order valence-corrected chi connectivity index (χ4v) is 1.61. The maximum Gasteiger partial charge on any atom is 0.224 e. The van der Waals surface area contributed by atoms with Crippen molar-refractivity contribution in [1.29, 1.82) is 0 Å². The molecule has 0 unspecified atom stereocenters. The van der Waals surface area contributed by atoms with Crippen LogP contribution in [-0.4, -0.2) is 26.8 Å². The number of nitrogens with zero attached hydrogens (tertiary/aromatic N) is 3. The third kappa shape index (κ3) is 3.30. The van der Waals surface area contributed by atoms with Gasteiger partial charge in [-0.1, -0.05) is 0 Å². The molecular weight excluding hydrogens is 252 g/mol. The third-order valence-electron chi connectivity index (χ3n) is 2.34. The van der Waals surface area contributed by atoms with Gasteiger partial charge in [-0.05, 0) is 30.7 Å². The fraction of sp³-hybridized carbons (Fsp3) is 0.250. The average Bonchev–Trinajstić information content (AvgIpc) is 2.91. The van der Waals surface area contributed by atoms with E-state index in [9.17, 15) is 4.79 Å². The summed E-state index contributed by atoms with van der Waals surface area (Å²) in [6.07, 6.45) is 4.35. The van der Waals surface area contributed by atoms with Crippen LogP contribution in [0.2, 0.25) is 0 Å². The van der Waals surface area contributed by atoms with E-state index >= 15 is 0 Å². The fourth-order valence-electron chi connectivity index (χ4n) is 1.48. The Labute approximate surface area is 110 Å². The summed E-state index contributed by atoms with van der Waals surface area (Å²) in [5, 5.41) is 10.8. The van der Waals surface area contributed by atoms with Crippen molar-refractivity contribution < 1.29 is 4.79 Å². The minimum Gasteiger partial charge on any atom is -0.326 e. The molecule has 5 nitrogen and oxygen atoms in total. The molecule has 2 rings (SSSR count). The number of benzene rings is 1. The number of halogens is 1. The lowest BCUT2D eigenvalue weighted by atomic mass is 10.2. The molecule has 0 saturated heterocycles. The van der Waals surface area contributed by atoms with E-state index in [2.05, 4.69) is 15.5 Å². The lowest BCUT2D eigenvalue weighted by Gasteiger charge is -2.05. The molecule has 1 heterocycles. The zero-order valence-corrected chi connectivity index (χ0v) is 10.5. The van der Waals surface area contributed by atoms with Gasteiger partial charge in [0.15, 0.2) is 0 Å². The number of carbonyl (C=O) groups excluding carboxylic acids is 1. The van der Waals surface area contributed by atoms with Crippen molar-refractivity contribution in [3.63, 3.8) is 0 Å². The van der Waals surface area contributed by atoms with E-state index in [-0.39, 0.29) is 5.91 Å². The Morgan fingerprint density at radius 2 is 1.89 bits per heavy atom. The molecule has 1 aromatic heterocycles. The van der Waals surface area contributed by atoms with Crippen LogP contribution < -0.4 is 5.32 Å². The standard InChI is InChI=1S/C12H13ClN4O/c13-7-1-2-12(18)16-10-3-5-11(6-4-10)17-14-8-9-15-17/h3-6,8-9H,1-2,7H2,(H,16,18). The van der Waals surface area contributed by atoms with Crippen LogP contribution >= 0.6 is 11.6 Å². The number of hydrogen-bond donors (Lipinski definition) is 1. The van der Waals surface area contributed by atoms with Crippen LogP contribution in [0.4, 0.5) is 5.69 Å². The van der Waals surface area contributed by atoms with Gasteiger partial charge in [0, 0.05) is 18.0 Å². The number of amides is 1. The number of alkyl halides is 1. The summed E-state index contributed by atoms with van der Waals surface area (Å²) in [5.74, 6) is 0.470. The highest BCUT2D eigenvalue weighted by Gasteiger charge is 2.02. The molecule has 0 fully saturated rings. The van der Waals surface area contributed by atoms with Crippen molar-refractivity contribution in [3.05, 3.63) is 36.7 Å². The van der Waals surface area contributed by atoms with Gasteiger partial charge >= 0.3 is 0 Å². The molecule has 6 heteroatoms. The number of hydrogen-bond acceptors (Lipinski definition) is 3. The summed E-state index contributed by atoms with van der Waals surface area (Å²) < 4.78 is 0. The Balaban J connectivity index is 1.98. The van der Waals surface area contributed by atoms with Crippen LogP contribution in [-0.2, 0) is 4.79 Å². The molecule has 0 radical (unpaired) electrons. The Morgan fingerprint density at radius 3 is 2.50 bits per heavy atom. The number of aromatic nitrogens is 3. The van der Waals surface area contributed by atoms with E-state index in [1.165, 1.54) is 4.80 Å². The van der Waals surface area contributed by atoms with Crippen LogP contribution in [0, 0.1) is 0 Å². The van der Waals surface area contributed by atoms with Crippen LogP contribution in [0.15, 0.2) is 36.7 Å². The second-order valence-electron chi connectivity index (χ2n) is 3.71. The molecule has 0 aliphatic heterocycles. The third-order valence-corrected chi connectivity index (χ3v) is 2.61. The molecule has 0 saturated carbocycles. The van der Waals surface area contributed by atoms with Crippen molar-refractivity contribution in [2.45, 2.75) is 12.8 Å². The first-order chi connectivity index (χ1) is 8.79. The Bertz CT molecular complexity index is 495. The second kappa shape index (κ2) is 6.16. The molecule has 0 spiro atoms. The van der Waals surface area contributed by atoms with Gasteiger partial charge < -0.3 is 5.32 Å². The van der Waals surface area contributed by atoms with Crippen LogP contribution in [0.5, 0.6) is 0 Å². The highest BCUT2D eigenvalue weighted by atomic mass is 35.5. The van der Waals surface area contributed by atoms with Gasteiger partial charge in [-0.2, -0.15) is 15.0 Å². The molecule has 2 aromatic rings. The van der Waals surface area contributed by atoms with E-state index in [0.717, 1.165) is 11.4 Å². The Kier molecular flexibility index (Phi) is 4.30. The molecule has 0 aliphatic rings. The summed E-state index contributed by atoms with van der Waals surface area (Å²) in [5.41, 5.74) is 1.60. The van der Waals surface area contributed by atoms with Crippen LogP contribution in [0.25, 0.3) is 5.69 Å². The predicted octanol–water partition coefficient (Wildman–Crippen LogP) is 2.22. The lowest BCUT2D eigenvalue weighted by molar-refractivity contribution is -0.116. The van der Waals surface area contributed by atoms with Crippen molar-refractivity contribution in [1.82, 2.24) is 15.0 Å². The molecule has 94 valence electrons. The van der Waals surface area contributed by atoms with Crippen molar-refractivity contribution in [2.24, 2.45) is 0 Å². The van der Waals surface area contributed by atoms with E-state index in [1.807, 2.05) is 24.3 Å². The number of anilines is 1. The summed E-state index contributed by atoms with van der Waals surface area (Å²) in [4.78, 5) is 13.0. The topological polar surface area (TPSA) is 59.8 Å². The molecule has 1 N–H and O–H groups in total. The normalized spacial score (nSPS) is 10.3. The second-order valence-corrected chi connectivity index (χ2v) is 4.08. The van der Waals surface area contributed by atoms with Crippen molar-refractivity contribution >= 4 is 23.2 Å². The summed E-state index contributed by atoms with van der Waals surface area (Å²) in [6, 6.07) is 7.32. The quantitative estimate of drug-likeness (QED) is 0.843. The number of carbonyl (C=O) groups is 1. The number of rotatable bonds is 5. The van der Waals surface area contributed by atoms with Crippen molar-refractivity contribution in [3.8, 4) is 5.69 Å². The smallest absolute Gasteiger partial charge is 0.224 e. The van der Waals surface area contributed by atoms with E-state index < -0.39 is 0 Å². The zero-order valence-electron chi connectivity index (χ0n) is 9.71. The minimum atomic E-state index is -0.0272. The van der Waals surface area contributed by atoms with Gasteiger partial charge in [0.2, 0.25) is 5.91 Å². The van der Waals surface area contributed by atoms with Gasteiger partial charge in [0.05, 0.1) is 18.1 Å². The summed E-state index contributed by atoms with van der Waals surface area (Å²) >= 11 is 5.53. The average molecular weight is 265 g/mol. The molecule has 18 heavy (non-hydrogen) atoms. The van der Waals surface area contributed by atoms with Gasteiger partial charge in [-0.3, -0.25) is 4.79 Å². The first-order valence-electron chi connectivity index (χ1n) is 5.62. The highest BCUT2D eigenvalue weighted by molar-refractivity contribution is 6.18. The number of nitrogens with one attached hydrogen (secondary N) is 1. The molecular formula is C12H13ClN4O. The maximum atomic E-state index is 11.5. The monoisotopic (exact) mass is 264 g/mol. The van der Waals surface area contributed by atoms with E-state index in [0.29, 0.717) is 18.7 Å². The Hall–Kier alpha value is -1.88. The molecule has 0 bridgehead atoms. The summed E-state index contributed by atoms with van der Waals surface area (Å²) in [6.45, 7) is 0. The first kappa shape index (κ1) is 12.6. The van der Waals surface area contributed by atoms with Gasteiger partial charge in [0.25, 0.3) is 0 Å². The minimum absolute atomic E-state index is 0.0272. The SMILES string of the molecule is O=C(CCCCl)Nc1ccc(-n2nccn2)cc1.